The van der Waals surface area contributed by atoms with Gasteiger partial charge in [0, 0.05) is 23.9 Å². The van der Waals surface area contributed by atoms with Crippen LogP contribution in [0.3, 0.4) is 0 Å². The van der Waals surface area contributed by atoms with Crippen molar-refractivity contribution in [2.24, 2.45) is 0 Å². The van der Waals surface area contributed by atoms with E-state index in [9.17, 15) is 10.00 Å². The Balaban J connectivity index is 2.00. The van der Waals surface area contributed by atoms with E-state index in [1.807, 2.05) is 26.8 Å². The summed E-state index contributed by atoms with van der Waals surface area (Å²) in [5.41, 5.74) is 2.59. The maximum Gasteiger partial charge on any atom is 0.422 e. The molecule has 0 saturated heterocycles. The summed E-state index contributed by atoms with van der Waals surface area (Å²) < 4.78 is 16.5. The van der Waals surface area contributed by atoms with Gasteiger partial charge in [0.25, 0.3) is 0 Å². The second-order valence-electron chi connectivity index (χ2n) is 7.15. The molecule has 0 fully saturated rings. The molecule has 4 N–H and O–H groups in total. The summed E-state index contributed by atoms with van der Waals surface area (Å²) in [6.45, 7) is 7.72. The van der Waals surface area contributed by atoms with Gasteiger partial charge in [0.15, 0.2) is 22.9 Å². The van der Waals surface area contributed by atoms with Gasteiger partial charge in [-0.1, -0.05) is 0 Å². The number of aromatic nitrogens is 2. The van der Waals surface area contributed by atoms with Crippen LogP contribution in [0.2, 0.25) is 0 Å². The number of anilines is 1. The minimum Gasteiger partial charge on any atom is -0.502 e. The summed E-state index contributed by atoms with van der Waals surface area (Å²) in [6.07, 6.45) is 0. The zero-order chi connectivity index (χ0) is 22.1. The molecular weight excluding hydrogens is 407 g/mol. The highest BCUT2D eigenvalue weighted by Crippen LogP contribution is 2.69. The number of benzene rings is 1. The van der Waals surface area contributed by atoms with Crippen molar-refractivity contribution in [3.8, 4) is 17.2 Å². The maximum absolute atomic E-state index is 11.4. The molecule has 0 amide bonds. The summed E-state index contributed by atoms with van der Waals surface area (Å²) in [4.78, 5) is 20.3. The van der Waals surface area contributed by atoms with Crippen molar-refractivity contribution in [1.82, 2.24) is 15.1 Å². The van der Waals surface area contributed by atoms with Crippen LogP contribution < -0.4 is 19.9 Å². The van der Waals surface area contributed by atoms with E-state index in [1.165, 1.54) is 14.2 Å². The largest absolute Gasteiger partial charge is 0.502 e. The molecule has 2 heterocycles. The van der Waals surface area contributed by atoms with Gasteiger partial charge < -0.3 is 19.9 Å². The number of aryl methyl sites for hydroxylation is 2. The van der Waals surface area contributed by atoms with Gasteiger partial charge in [-0.25, -0.2) is 15.1 Å². The SMILES string of the molecule is COc1cc(C(CNc2nc(C)cc(C)n2)[P+]2(O)NC(C)=C(C)O2)cc(OC)c1O. The van der Waals surface area contributed by atoms with E-state index < -0.39 is 13.5 Å². The van der Waals surface area contributed by atoms with Crippen LogP contribution in [0.1, 0.15) is 36.5 Å². The number of phenols is 1. The lowest BCUT2D eigenvalue weighted by Crippen LogP contribution is -2.23. The lowest BCUT2D eigenvalue weighted by molar-refractivity contribution is 0.338. The number of rotatable bonds is 7. The molecule has 9 nitrogen and oxygen atoms in total. The Morgan fingerprint density at radius 1 is 1.07 bits per heavy atom. The van der Waals surface area contributed by atoms with E-state index >= 15 is 0 Å². The Hall–Kier alpha value is -2.77. The third-order valence-electron chi connectivity index (χ3n) is 4.88. The molecule has 2 unspecified atom stereocenters. The van der Waals surface area contributed by atoms with Crippen LogP contribution in [0.15, 0.2) is 29.7 Å². The topological polar surface area (TPSA) is 118 Å². The monoisotopic (exact) mass is 435 g/mol. The van der Waals surface area contributed by atoms with E-state index in [1.54, 1.807) is 19.1 Å². The quantitative estimate of drug-likeness (QED) is 0.484. The third-order valence-corrected chi connectivity index (χ3v) is 7.41. The molecule has 1 aromatic heterocycles. The highest BCUT2D eigenvalue weighted by atomic mass is 31.2. The van der Waals surface area contributed by atoms with Crippen molar-refractivity contribution in [2.45, 2.75) is 33.4 Å². The van der Waals surface area contributed by atoms with Crippen LogP contribution in [0.4, 0.5) is 5.95 Å². The van der Waals surface area contributed by atoms with Crippen molar-refractivity contribution in [3.05, 3.63) is 46.6 Å². The number of hydrogen-bond donors (Lipinski definition) is 4. The second-order valence-corrected chi connectivity index (χ2v) is 9.43. The van der Waals surface area contributed by atoms with E-state index in [0.717, 1.165) is 17.1 Å². The molecule has 0 radical (unpaired) electrons. The molecule has 0 saturated carbocycles. The van der Waals surface area contributed by atoms with Crippen LogP contribution in [0.5, 0.6) is 17.2 Å². The van der Waals surface area contributed by atoms with Gasteiger partial charge in [-0.05, 0) is 39.0 Å². The molecular formula is C20H28N4O5P+. The predicted octanol–water partition coefficient (Wildman–Crippen LogP) is 3.60. The molecule has 0 aliphatic carbocycles. The van der Waals surface area contributed by atoms with E-state index in [0.29, 0.717) is 17.3 Å². The maximum atomic E-state index is 11.4. The number of phenolic OH excluding ortho intramolecular Hbond substituents is 1. The molecule has 0 bridgehead atoms. The number of allylic oxidation sites excluding steroid dienone is 2. The number of ether oxygens (including phenoxy) is 2. The molecule has 2 atom stereocenters. The average molecular weight is 435 g/mol. The van der Waals surface area contributed by atoms with Crippen molar-refractivity contribution >= 4 is 13.8 Å². The van der Waals surface area contributed by atoms with E-state index in [4.69, 9.17) is 14.0 Å². The minimum absolute atomic E-state index is 0.107. The van der Waals surface area contributed by atoms with Gasteiger partial charge in [0.1, 0.15) is 0 Å². The Labute approximate surface area is 176 Å². The van der Waals surface area contributed by atoms with Crippen LogP contribution in [-0.4, -0.2) is 40.7 Å². The summed E-state index contributed by atoms with van der Waals surface area (Å²) in [5, 5.41) is 16.6. The number of aromatic hydroxyl groups is 1. The highest BCUT2D eigenvalue weighted by molar-refractivity contribution is 7.64. The predicted molar refractivity (Wildman–Crippen MR) is 116 cm³/mol. The van der Waals surface area contributed by atoms with Crippen LogP contribution >= 0.6 is 7.87 Å². The Morgan fingerprint density at radius 2 is 1.63 bits per heavy atom. The van der Waals surface area contributed by atoms with E-state index in [-0.39, 0.29) is 23.8 Å². The van der Waals surface area contributed by atoms with Crippen molar-refractivity contribution in [2.75, 3.05) is 26.1 Å². The summed E-state index contributed by atoms with van der Waals surface area (Å²) >= 11 is 0. The zero-order valence-corrected chi connectivity index (χ0v) is 18.9. The summed E-state index contributed by atoms with van der Waals surface area (Å²) in [6, 6.07) is 5.22. The third kappa shape index (κ3) is 4.37. The molecule has 30 heavy (non-hydrogen) atoms. The molecule has 1 aliphatic rings. The van der Waals surface area contributed by atoms with Crippen molar-refractivity contribution < 1.29 is 24.0 Å². The molecule has 1 aliphatic heterocycles. The molecule has 1 aromatic carbocycles. The summed E-state index contributed by atoms with van der Waals surface area (Å²) in [7, 11) is -0.221. The normalized spacial score (nSPS) is 19.2. The molecule has 3 rings (SSSR count). The Bertz CT molecular complexity index is 922. The minimum atomic E-state index is -3.14. The van der Waals surface area contributed by atoms with Gasteiger partial charge in [0.05, 0.1) is 26.5 Å². The van der Waals surface area contributed by atoms with Crippen LogP contribution in [0.25, 0.3) is 0 Å². The van der Waals surface area contributed by atoms with Gasteiger partial charge >= 0.3 is 7.87 Å². The lowest BCUT2D eigenvalue weighted by Gasteiger charge is -2.24. The average Bonchev–Trinajstić information content (AvgIpc) is 2.94. The number of nitrogens with one attached hydrogen (secondary N) is 2. The molecule has 10 heteroatoms. The van der Waals surface area contributed by atoms with Crippen LogP contribution in [0, 0.1) is 13.8 Å². The fourth-order valence-corrected chi connectivity index (χ4v) is 5.72. The van der Waals surface area contributed by atoms with E-state index in [2.05, 4.69) is 20.4 Å². The van der Waals surface area contributed by atoms with Crippen molar-refractivity contribution in [3.63, 3.8) is 0 Å². The number of methoxy groups -OCH3 is 2. The highest BCUT2D eigenvalue weighted by Gasteiger charge is 2.55. The van der Waals surface area contributed by atoms with Crippen molar-refractivity contribution in [1.29, 1.82) is 0 Å². The van der Waals surface area contributed by atoms with Crippen LogP contribution in [-0.2, 0) is 4.52 Å². The number of nitrogens with zero attached hydrogens (tertiary/aromatic N) is 2. The Morgan fingerprint density at radius 3 is 2.10 bits per heavy atom. The first kappa shape index (κ1) is 21.9. The van der Waals surface area contributed by atoms with Gasteiger partial charge in [0.2, 0.25) is 11.7 Å². The standard InChI is InChI=1S/C20H27N4O5P/c1-11-7-12(2)23-20(22-11)21-10-18(30(26)24-13(3)14(4)29-30)15-8-16(27-5)19(25)17(9-15)28-6/h7-9,18,24,26H,10H2,1-6H3,(H-,21,22,23,25)/p+1. The molecule has 2 aromatic rings. The number of hydrogen-bond acceptors (Lipinski definition) is 9. The van der Waals surface area contributed by atoms with Gasteiger partial charge in [-0.15, -0.1) is 0 Å². The molecule has 162 valence electrons. The Kier molecular flexibility index (Phi) is 6.24. The smallest absolute Gasteiger partial charge is 0.422 e. The van der Waals surface area contributed by atoms with Gasteiger partial charge in [-0.3, -0.25) is 4.52 Å². The fourth-order valence-electron chi connectivity index (χ4n) is 3.30. The molecule has 0 spiro atoms. The fraction of sp³-hybridized carbons (Fsp3) is 0.400. The lowest BCUT2D eigenvalue weighted by atomic mass is 10.1. The van der Waals surface area contributed by atoms with Gasteiger partial charge in [-0.2, -0.15) is 4.89 Å². The first-order valence-electron chi connectivity index (χ1n) is 9.44. The second kappa shape index (κ2) is 8.53. The zero-order valence-electron chi connectivity index (χ0n) is 18.0. The summed E-state index contributed by atoms with van der Waals surface area (Å²) in [5.74, 6) is 1.47. The first-order valence-corrected chi connectivity index (χ1v) is 11.2. The first-order chi connectivity index (χ1) is 14.2.